The zero-order chi connectivity index (χ0) is 16.1. The zero-order valence-corrected chi connectivity index (χ0v) is 13.7. The van der Waals surface area contributed by atoms with Crippen LogP contribution >= 0.6 is 11.6 Å². The van der Waals surface area contributed by atoms with Gasteiger partial charge in [-0.25, -0.2) is 0 Å². The fourth-order valence-electron chi connectivity index (χ4n) is 2.35. The fraction of sp³-hybridized carbons (Fsp3) is 0.533. The molecule has 0 bridgehead atoms. The van der Waals surface area contributed by atoms with E-state index >= 15 is 0 Å². The molecule has 122 valence electrons. The molecule has 6 nitrogen and oxygen atoms in total. The second-order valence-electron chi connectivity index (χ2n) is 5.35. The van der Waals surface area contributed by atoms with Gasteiger partial charge in [0, 0.05) is 24.7 Å². The van der Waals surface area contributed by atoms with E-state index in [0.717, 1.165) is 12.1 Å². The first kappa shape index (κ1) is 16.9. The van der Waals surface area contributed by atoms with Gasteiger partial charge in [-0.05, 0) is 31.2 Å². The van der Waals surface area contributed by atoms with E-state index in [4.69, 9.17) is 26.8 Å². The van der Waals surface area contributed by atoms with Crippen LogP contribution in [0.4, 0.5) is 5.69 Å². The van der Waals surface area contributed by atoms with Crippen LogP contribution in [0, 0.1) is 0 Å². The molecular weight excluding hydrogens is 306 g/mol. The Morgan fingerprint density at radius 1 is 1.59 bits per heavy atom. The number of morpholine rings is 1. The molecule has 1 heterocycles. The topological polar surface area (TPSA) is 76.8 Å². The van der Waals surface area contributed by atoms with Crippen molar-refractivity contribution in [3.63, 3.8) is 0 Å². The summed E-state index contributed by atoms with van der Waals surface area (Å²) in [6.07, 6.45) is 0.194. The van der Waals surface area contributed by atoms with E-state index in [1.807, 2.05) is 7.05 Å². The van der Waals surface area contributed by atoms with E-state index in [9.17, 15) is 4.79 Å². The lowest BCUT2D eigenvalue weighted by Crippen LogP contribution is -2.48. The van der Waals surface area contributed by atoms with Gasteiger partial charge in [0.15, 0.2) is 0 Å². The number of amides is 1. The third kappa shape index (κ3) is 4.25. The first-order valence-corrected chi connectivity index (χ1v) is 7.58. The number of anilines is 1. The van der Waals surface area contributed by atoms with Crippen LogP contribution in [0.25, 0.3) is 0 Å². The minimum Gasteiger partial charge on any atom is -0.495 e. The quantitative estimate of drug-likeness (QED) is 0.786. The predicted molar refractivity (Wildman–Crippen MR) is 86.4 cm³/mol. The van der Waals surface area contributed by atoms with E-state index in [0.29, 0.717) is 42.6 Å². The SMILES string of the molecule is COc1cc(CCNC(=O)[C@H]2CN(C)CCO2)c(Cl)cc1N. The van der Waals surface area contributed by atoms with E-state index in [1.165, 1.54) is 0 Å². The summed E-state index contributed by atoms with van der Waals surface area (Å²) < 4.78 is 10.7. The number of carbonyl (C=O) groups is 1. The van der Waals surface area contributed by atoms with Gasteiger partial charge in [0.05, 0.1) is 19.4 Å². The van der Waals surface area contributed by atoms with Crippen LogP contribution in [0.2, 0.25) is 5.02 Å². The number of methoxy groups -OCH3 is 1. The van der Waals surface area contributed by atoms with Crippen LogP contribution in [-0.2, 0) is 16.0 Å². The molecule has 0 saturated carbocycles. The Morgan fingerprint density at radius 3 is 3.05 bits per heavy atom. The van der Waals surface area contributed by atoms with E-state index in [1.54, 1.807) is 19.2 Å². The molecule has 1 atom stereocenters. The van der Waals surface area contributed by atoms with Gasteiger partial charge >= 0.3 is 0 Å². The summed E-state index contributed by atoms with van der Waals surface area (Å²) in [6, 6.07) is 3.46. The van der Waals surface area contributed by atoms with Crippen molar-refractivity contribution >= 4 is 23.2 Å². The summed E-state index contributed by atoms with van der Waals surface area (Å²) in [5.74, 6) is 0.494. The highest BCUT2D eigenvalue weighted by Gasteiger charge is 2.24. The van der Waals surface area contributed by atoms with E-state index in [2.05, 4.69) is 10.2 Å². The molecule has 0 unspecified atom stereocenters. The molecule has 0 aliphatic carbocycles. The van der Waals surface area contributed by atoms with Crippen LogP contribution in [0.15, 0.2) is 12.1 Å². The van der Waals surface area contributed by atoms with Crippen molar-refractivity contribution in [2.75, 3.05) is 46.1 Å². The minimum atomic E-state index is -0.407. The van der Waals surface area contributed by atoms with Crippen molar-refractivity contribution in [3.8, 4) is 5.75 Å². The van der Waals surface area contributed by atoms with Gasteiger partial charge in [-0.15, -0.1) is 0 Å². The molecule has 1 saturated heterocycles. The van der Waals surface area contributed by atoms with Crippen LogP contribution in [0.3, 0.4) is 0 Å². The molecule has 7 heteroatoms. The summed E-state index contributed by atoms with van der Waals surface area (Å²) in [5, 5.41) is 3.45. The maximum Gasteiger partial charge on any atom is 0.250 e. The van der Waals surface area contributed by atoms with Gasteiger partial charge in [0.25, 0.3) is 0 Å². The lowest BCUT2D eigenvalue weighted by Gasteiger charge is -2.29. The van der Waals surface area contributed by atoms with Crippen molar-refractivity contribution in [1.29, 1.82) is 0 Å². The summed E-state index contributed by atoms with van der Waals surface area (Å²) in [6.45, 7) is 2.53. The molecule has 2 rings (SSSR count). The zero-order valence-electron chi connectivity index (χ0n) is 12.9. The summed E-state index contributed by atoms with van der Waals surface area (Å²) in [7, 11) is 3.53. The summed E-state index contributed by atoms with van der Waals surface area (Å²) in [5.41, 5.74) is 7.17. The monoisotopic (exact) mass is 327 g/mol. The fourth-order valence-corrected chi connectivity index (χ4v) is 2.62. The maximum absolute atomic E-state index is 12.1. The van der Waals surface area contributed by atoms with Gasteiger partial charge in [-0.3, -0.25) is 4.79 Å². The van der Waals surface area contributed by atoms with Crippen molar-refractivity contribution in [1.82, 2.24) is 10.2 Å². The molecule has 1 fully saturated rings. The third-order valence-electron chi connectivity index (χ3n) is 3.65. The standard InChI is InChI=1S/C15H22ClN3O3/c1-19-5-6-22-14(9-19)15(20)18-4-3-10-7-13(21-2)12(17)8-11(10)16/h7-8,14H,3-6,9,17H2,1-2H3,(H,18,20)/t14-/m1/s1. The van der Waals surface area contributed by atoms with E-state index < -0.39 is 6.10 Å². The molecule has 3 N–H and O–H groups in total. The van der Waals surface area contributed by atoms with Crippen molar-refractivity contribution < 1.29 is 14.3 Å². The van der Waals surface area contributed by atoms with Crippen molar-refractivity contribution in [2.45, 2.75) is 12.5 Å². The Bertz CT molecular complexity index is 539. The number of nitrogen functional groups attached to an aromatic ring is 1. The van der Waals surface area contributed by atoms with Crippen LogP contribution < -0.4 is 15.8 Å². The lowest BCUT2D eigenvalue weighted by molar-refractivity contribution is -0.137. The number of carbonyl (C=O) groups excluding carboxylic acids is 1. The van der Waals surface area contributed by atoms with Gasteiger partial charge < -0.3 is 25.4 Å². The van der Waals surface area contributed by atoms with Gasteiger partial charge in [0.2, 0.25) is 5.91 Å². The van der Waals surface area contributed by atoms with E-state index in [-0.39, 0.29) is 5.91 Å². The smallest absolute Gasteiger partial charge is 0.250 e. The first-order chi connectivity index (χ1) is 10.5. The second-order valence-corrected chi connectivity index (χ2v) is 5.76. The second kappa shape index (κ2) is 7.67. The number of nitrogens with one attached hydrogen (secondary N) is 1. The van der Waals surface area contributed by atoms with Crippen LogP contribution in [0.1, 0.15) is 5.56 Å². The van der Waals surface area contributed by atoms with Gasteiger partial charge in [0.1, 0.15) is 11.9 Å². The molecule has 0 aromatic heterocycles. The highest BCUT2D eigenvalue weighted by Crippen LogP contribution is 2.29. The molecule has 1 aromatic rings. The maximum atomic E-state index is 12.1. The van der Waals surface area contributed by atoms with Crippen LogP contribution in [0.5, 0.6) is 5.75 Å². The Morgan fingerprint density at radius 2 is 2.36 bits per heavy atom. The number of likely N-dealkylation sites (N-methyl/N-ethyl adjacent to an activating group) is 1. The Labute approximate surface area is 135 Å². The number of halogens is 1. The number of nitrogens with zero attached hydrogens (tertiary/aromatic N) is 1. The predicted octanol–water partition coefficient (Wildman–Crippen LogP) is 0.920. The number of hydrogen-bond acceptors (Lipinski definition) is 5. The Hall–Kier alpha value is -1.50. The highest BCUT2D eigenvalue weighted by atomic mass is 35.5. The summed E-state index contributed by atoms with van der Waals surface area (Å²) >= 11 is 6.16. The molecule has 1 aliphatic rings. The highest BCUT2D eigenvalue weighted by molar-refractivity contribution is 6.31. The number of ether oxygens (including phenoxy) is 2. The normalized spacial score (nSPS) is 19.0. The molecule has 1 aromatic carbocycles. The number of rotatable bonds is 5. The third-order valence-corrected chi connectivity index (χ3v) is 4.01. The number of nitrogens with two attached hydrogens (primary N) is 1. The lowest BCUT2D eigenvalue weighted by atomic mass is 10.1. The minimum absolute atomic E-state index is 0.0925. The largest absolute Gasteiger partial charge is 0.495 e. The molecule has 0 radical (unpaired) electrons. The molecule has 0 spiro atoms. The molecule has 22 heavy (non-hydrogen) atoms. The van der Waals surface area contributed by atoms with Crippen LogP contribution in [-0.4, -0.2) is 57.3 Å². The molecular formula is C15H22ClN3O3. The Balaban J connectivity index is 1.87. The Kier molecular flexibility index (Phi) is 5.88. The molecule has 1 aliphatic heterocycles. The molecule has 1 amide bonds. The van der Waals surface area contributed by atoms with Crippen molar-refractivity contribution in [2.24, 2.45) is 0 Å². The number of benzene rings is 1. The summed E-state index contributed by atoms with van der Waals surface area (Å²) in [4.78, 5) is 14.1. The van der Waals surface area contributed by atoms with Gasteiger partial charge in [-0.1, -0.05) is 11.6 Å². The van der Waals surface area contributed by atoms with Gasteiger partial charge in [-0.2, -0.15) is 0 Å². The number of hydrogen-bond donors (Lipinski definition) is 2. The average molecular weight is 328 g/mol. The first-order valence-electron chi connectivity index (χ1n) is 7.21. The average Bonchev–Trinajstić information content (AvgIpc) is 2.49. The van der Waals surface area contributed by atoms with Crippen molar-refractivity contribution in [3.05, 3.63) is 22.7 Å².